The number of hydrogen-bond acceptors (Lipinski definition) is 2. The van der Waals surface area contributed by atoms with E-state index in [9.17, 15) is 8.78 Å². The van der Waals surface area contributed by atoms with Crippen LogP contribution in [0.2, 0.25) is 5.02 Å². The first-order chi connectivity index (χ1) is 10.1. The maximum absolute atomic E-state index is 13.6. The van der Waals surface area contributed by atoms with Gasteiger partial charge >= 0.3 is 0 Å². The minimum Gasteiger partial charge on any atom is -0.486 e. The summed E-state index contributed by atoms with van der Waals surface area (Å²) in [5.41, 5.74) is 6.43. The van der Waals surface area contributed by atoms with Gasteiger partial charge in [-0.25, -0.2) is 8.78 Å². The molecule has 0 bridgehead atoms. The fourth-order valence-electron chi connectivity index (χ4n) is 1.64. The van der Waals surface area contributed by atoms with Gasteiger partial charge in [0.15, 0.2) is 11.6 Å². The molecule has 2 aromatic rings. The Morgan fingerprint density at radius 1 is 1.10 bits per heavy atom. The molecule has 0 atom stereocenters. The van der Waals surface area contributed by atoms with E-state index in [0.717, 1.165) is 0 Å². The minimum atomic E-state index is -0.541. The lowest BCUT2D eigenvalue weighted by molar-refractivity contribution is 0.289. The van der Waals surface area contributed by atoms with E-state index in [1.165, 1.54) is 30.3 Å². The van der Waals surface area contributed by atoms with Gasteiger partial charge in [-0.2, -0.15) is 0 Å². The summed E-state index contributed by atoms with van der Waals surface area (Å²) >= 11 is 5.59. The number of benzene rings is 2. The molecule has 2 nitrogen and oxygen atoms in total. The average Bonchev–Trinajstić information content (AvgIpc) is 2.48. The van der Waals surface area contributed by atoms with Gasteiger partial charge in [-0.15, -0.1) is 0 Å². The van der Waals surface area contributed by atoms with E-state index in [1.807, 2.05) is 0 Å². The first-order valence-electron chi connectivity index (χ1n) is 6.15. The van der Waals surface area contributed by atoms with E-state index in [-0.39, 0.29) is 23.9 Å². The molecule has 5 heteroatoms. The monoisotopic (exact) mass is 307 g/mol. The number of hydrogen-bond donors (Lipinski definition) is 1. The Morgan fingerprint density at radius 2 is 1.90 bits per heavy atom. The Morgan fingerprint density at radius 3 is 2.62 bits per heavy atom. The summed E-state index contributed by atoms with van der Waals surface area (Å²) in [6.07, 6.45) is 0. The smallest absolute Gasteiger partial charge is 0.165 e. The van der Waals surface area contributed by atoms with Crippen molar-refractivity contribution in [2.75, 3.05) is 6.54 Å². The van der Waals surface area contributed by atoms with Crippen LogP contribution in [0.3, 0.4) is 0 Å². The van der Waals surface area contributed by atoms with Crippen LogP contribution < -0.4 is 10.5 Å². The van der Waals surface area contributed by atoms with Crippen molar-refractivity contribution in [2.45, 2.75) is 6.61 Å². The van der Waals surface area contributed by atoms with Crippen molar-refractivity contribution in [2.24, 2.45) is 5.73 Å². The van der Waals surface area contributed by atoms with Crippen molar-refractivity contribution in [3.05, 3.63) is 64.2 Å². The first-order valence-corrected chi connectivity index (χ1v) is 6.53. The van der Waals surface area contributed by atoms with Crippen LogP contribution in [0.1, 0.15) is 11.1 Å². The maximum Gasteiger partial charge on any atom is 0.165 e. The standard InChI is InChI=1S/C16H12ClF2NO/c17-13-5-3-12(8-15(13)19)10-21-16-9-11(2-1-7-20)4-6-14(16)18/h3-6,8-9H,7,10,20H2. The zero-order valence-corrected chi connectivity index (χ0v) is 11.8. The fraction of sp³-hybridized carbons (Fsp3) is 0.125. The van der Waals surface area contributed by atoms with Crippen LogP contribution in [0.5, 0.6) is 5.75 Å². The van der Waals surface area contributed by atoms with Crippen molar-refractivity contribution >= 4 is 11.6 Å². The second-order valence-corrected chi connectivity index (χ2v) is 4.60. The largest absolute Gasteiger partial charge is 0.486 e. The normalized spacial score (nSPS) is 9.90. The van der Waals surface area contributed by atoms with Crippen LogP contribution in [-0.2, 0) is 6.61 Å². The minimum absolute atomic E-state index is 0.0266. The van der Waals surface area contributed by atoms with Crippen molar-refractivity contribution in [1.29, 1.82) is 0 Å². The summed E-state index contributed by atoms with van der Waals surface area (Å²) in [6, 6.07) is 8.56. The fourth-order valence-corrected chi connectivity index (χ4v) is 1.75. The van der Waals surface area contributed by atoms with Crippen molar-refractivity contribution in [3.8, 4) is 17.6 Å². The third-order valence-corrected chi connectivity index (χ3v) is 2.95. The van der Waals surface area contributed by atoms with Gasteiger partial charge in [0.05, 0.1) is 11.6 Å². The second-order valence-electron chi connectivity index (χ2n) is 4.19. The van der Waals surface area contributed by atoms with Gasteiger partial charge in [0.2, 0.25) is 0 Å². The molecule has 0 saturated carbocycles. The lowest BCUT2D eigenvalue weighted by atomic mass is 10.2. The van der Waals surface area contributed by atoms with Gasteiger partial charge in [0.1, 0.15) is 12.4 Å². The summed E-state index contributed by atoms with van der Waals surface area (Å²) in [5.74, 6) is 4.46. The van der Waals surface area contributed by atoms with Crippen molar-refractivity contribution in [1.82, 2.24) is 0 Å². The van der Waals surface area contributed by atoms with Crippen LogP contribution in [0.25, 0.3) is 0 Å². The quantitative estimate of drug-likeness (QED) is 0.881. The van der Waals surface area contributed by atoms with Crippen LogP contribution in [0.15, 0.2) is 36.4 Å². The molecule has 0 saturated heterocycles. The molecule has 0 aliphatic rings. The van der Waals surface area contributed by atoms with E-state index in [4.69, 9.17) is 22.1 Å². The lowest BCUT2D eigenvalue weighted by Gasteiger charge is -2.08. The molecular formula is C16H12ClF2NO. The summed E-state index contributed by atoms with van der Waals surface area (Å²) in [5, 5.41) is 0.0315. The van der Waals surface area contributed by atoms with Crippen LogP contribution in [0.4, 0.5) is 8.78 Å². The van der Waals surface area contributed by atoms with E-state index in [1.54, 1.807) is 6.07 Å². The molecule has 0 amide bonds. The molecule has 2 rings (SSSR count). The van der Waals surface area contributed by atoms with Crippen LogP contribution >= 0.6 is 11.6 Å². The number of nitrogens with two attached hydrogens (primary N) is 1. The molecule has 108 valence electrons. The molecule has 2 N–H and O–H groups in total. The van der Waals surface area contributed by atoms with Crippen LogP contribution in [0, 0.1) is 23.5 Å². The Bertz CT molecular complexity index is 707. The highest BCUT2D eigenvalue weighted by Crippen LogP contribution is 2.21. The second kappa shape index (κ2) is 7.07. The van der Waals surface area contributed by atoms with E-state index >= 15 is 0 Å². The van der Waals surface area contributed by atoms with E-state index in [2.05, 4.69) is 11.8 Å². The number of ether oxygens (including phenoxy) is 1. The summed E-state index contributed by atoms with van der Waals surface area (Å²) in [7, 11) is 0. The highest BCUT2D eigenvalue weighted by Gasteiger charge is 2.06. The third kappa shape index (κ3) is 4.19. The van der Waals surface area contributed by atoms with Crippen molar-refractivity contribution < 1.29 is 13.5 Å². The lowest BCUT2D eigenvalue weighted by Crippen LogP contribution is -1.99. The number of halogens is 3. The first kappa shape index (κ1) is 15.3. The highest BCUT2D eigenvalue weighted by atomic mass is 35.5. The predicted molar refractivity (Wildman–Crippen MR) is 78.1 cm³/mol. The van der Waals surface area contributed by atoms with Gasteiger partial charge in [-0.05, 0) is 35.9 Å². The number of rotatable bonds is 3. The Labute approximate surface area is 126 Å². The predicted octanol–water partition coefficient (Wildman–Crippen LogP) is 3.51. The third-order valence-electron chi connectivity index (χ3n) is 2.64. The van der Waals surface area contributed by atoms with Gasteiger partial charge in [-0.1, -0.05) is 29.5 Å². The van der Waals surface area contributed by atoms with Crippen molar-refractivity contribution in [3.63, 3.8) is 0 Å². The van der Waals surface area contributed by atoms with Gasteiger partial charge in [0.25, 0.3) is 0 Å². The SMILES string of the molecule is NCC#Cc1ccc(F)c(OCc2ccc(Cl)c(F)c2)c1. The van der Waals surface area contributed by atoms with Crippen LogP contribution in [-0.4, -0.2) is 6.54 Å². The summed E-state index contributed by atoms with van der Waals surface area (Å²) in [6.45, 7) is 0.246. The molecule has 0 aromatic heterocycles. The van der Waals surface area contributed by atoms with Gasteiger partial charge < -0.3 is 10.5 Å². The molecule has 0 fully saturated rings. The Kier molecular flexibility index (Phi) is 5.15. The molecule has 0 radical (unpaired) electrons. The zero-order chi connectivity index (χ0) is 15.2. The molecule has 0 spiro atoms. The molecule has 2 aromatic carbocycles. The van der Waals surface area contributed by atoms with Gasteiger partial charge in [0, 0.05) is 5.56 Å². The van der Waals surface area contributed by atoms with Gasteiger partial charge in [-0.3, -0.25) is 0 Å². The summed E-state index contributed by atoms with van der Waals surface area (Å²) in [4.78, 5) is 0. The molecular weight excluding hydrogens is 296 g/mol. The molecule has 0 aliphatic heterocycles. The Hall–Kier alpha value is -2.09. The summed E-state index contributed by atoms with van der Waals surface area (Å²) < 4.78 is 32.3. The maximum atomic E-state index is 13.6. The average molecular weight is 308 g/mol. The van der Waals surface area contributed by atoms with E-state index in [0.29, 0.717) is 11.1 Å². The molecule has 0 heterocycles. The topological polar surface area (TPSA) is 35.2 Å². The molecule has 0 aliphatic carbocycles. The molecule has 0 unspecified atom stereocenters. The molecule has 21 heavy (non-hydrogen) atoms. The van der Waals surface area contributed by atoms with E-state index < -0.39 is 11.6 Å². The Balaban J connectivity index is 2.13. The zero-order valence-electron chi connectivity index (χ0n) is 11.0. The highest BCUT2D eigenvalue weighted by molar-refractivity contribution is 6.30.